The number of fused-ring (bicyclic) bond motifs is 1. The topological polar surface area (TPSA) is 35.5 Å². The molecule has 1 aromatic carbocycles. The largest absolute Gasteiger partial charge is 0.493 e. The summed E-state index contributed by atoms with van der Waals surface area (Å²) in [4.78, 5) is 11.4. The maximum Gasteiger partial charge on any atom is 0.306 e. The molecule has 0 spiro atoms. The molecule has 0 aliphatic carbocycles. The van der Waals surface area contributed by atoms with Crippen LogP contribution < -0.4 is 4.74 Å². The van der Waals surface area contributed by atoms with Crippen molar-refractivity contribution in [3.05, 3.63) is 29.3 Å². The predicted molar refractivity (Wildman–Crippen MR) is 70.0 cm³/mol. The molecule has 1 heterocycles. The Balaban J connectivity index is 2.28. The normalized spacial score (nSPS) is 18.1. The molecular formula is C15H20O3. The summed E-state index contributed by atoms with van der Waals surface area (Å²) < 4.78 is 10.3. The van der Waals surface area contributed by atoms with E-state index in [1.165, 1.54) is 12.7 Å². The van der Waals surface area contributed by atoms with Crippen molar-refractivity contribution in [1.82, 2.24) is 0 Å². The molecule has 1 aromatic rings. The Morgan fingerprint density at radius 2 is 2.17 bits per heavy atom. The van der Waals surface area contributed by atoms with Gasteiger partial charge in [-0.15, -0.1) is 0 Å². The second-order valence-electron chi connectivity index (χ2n) is 5.79. The summed E-state index contributed by atoms with van der Waals surface area (Å²) in [5, 5.41) is 0. The number of carbonyl (C=O) groups excluding carboxylic acids is 1. The zero-order valence-electron chi connectivity index (χ0n) is 11.4. The number of hydrogen-bond acceptors (Lipinski definition) is 3. The number of carbonyl (C=O) groups is 1. The third kappa shape index (κ3) is 2.50. The van der Waals surface area contributed by atoms with Crippen LogP contribution in [0.5, 0.6) is 5.75 Å². The second-order valence-corrected chi connectivity index (χ2v) is 5.79. The first-order chi connectivity index (χ1) is 8.41. The molecule has 0 fully saturated rings. The van der Waals surface area contributed by atoms with E-state index < -0.39 is 0 Å². The smallest absolute Gasteiger partial charge is 0.306 e. The van der Waals surface area contributed by atoms with Gasteiger partial charge in [-0.3, -0.25) is 4.79 Å². The second kappa shape index (κ2) is 4.63. The summed E-state index contributed by atoms with van der Waals surface area (Å²) in [5.74, 6) is 0.837. The highest BCUT2D eigenvalue weighted by atomic mass is 16.5. The molecule has 0 unspecified atom stereocenters. The van der Waals surface area contributed by atoms with Crippen molar-refractivity contribution >= 4 is 5.97 Å². The van der Waals surface area contributed by atoms with Crippen LogP contribution in [-0.4, -0.2) is 19.7 Å². The molecule has 1 aliphatic heterocycles. The molecule has 3 nitrogen and oxygen atoms in total. The van der Waals surface area contributed by atoms with Crippen molar-refractivity contribution in [3.63, 3.8) is 0 Å². The lowest BCUT2D eigenvalue weighted by Crippen LogP contribution is -2.12. The van der Waals surface area contributed by atoms with Crippen LogP contribution in [0.4, 0.5) is 0 Å². The number of ether oxygens (including phenoxy) is 2. The lowest BCUT2D eigenvalue weighted by molar-refractivity contribution is -0.141. The Morgan fingerprint density at radius 3 is 2.78 bits per heavy atom. The minimum Gasteiger partial charge on any atom is -0.493 e. The molecule has 3 heteroatoms. The van der Waals surface area contributed by atoms with Gasteiger partial charge < -0.3 is 9.47 Å². The number of esters is 1. The van der Waals surface area contributed by atoms with Crippen LogP contribution in [0.1, 0.15) is 44.2 Å². The molecule has 0 amide bonds. The summed E-state index contributed by atoms with van der Waals surface area (Å²) in [7, 11) is 1.42. The van der Waals surface area contributed by atoms with E-state index >= 15 is 0 Å². The number of hydrogen-bond donors (Lipinski definition) is 0. The number of benzene rings is 1. The van der Waals surface area contributed by atoms with Gasteiger partial charge in [-0.2, -0.15) is 0 Å². The Morgan fingerprint density at radius 1 is 1.44 bits per heavy atom. The van der Waals surface area contributed by atoms with Crippen molar-refractivity contribution in [1.29, 1.82) is 0 Å². The lowest BCUT2D eigenvalue weighted by Gasteiger charge is -2.20. The molecule has 18 heavy (non-hydrogen) atoms. The van der Waals surface area contributed by atoms with Crippen LogP contribution in [0.3, 0.4) is 0 Å². The van der Waals surface area contributed by atoms with Crippen molar-refractivity contribution in [2.24, 2.45) is 0 Å². The maximum atomic E-state index is 11.4. The van der Waals surface area contributed by atoms with Crippen LogP contribution in [0, 0.1) is 0 Å². The van der Waals surface area contributed by atoms with Crippen LogP contribution >= 0.6 is 0 Å². The number of methoxy groups -OCH3 is 1. The van der Waals surface area contributed by atoms with Gasteiger partial charge in [0.05, 0.1) is 20.1 Å². The van der Waals surface area contributed by atoms with Crippen LogP contribution in [0.2, 0.25) is 0 Å². The van der Waals surface area contributed by atoms with Crippen molar-refractivity contribution in [3.8, 4) is 5.75 Å². The van der Waals surface area contributed by atoms with Gasteiger partial charge in [-0.05, 0) is 17.0 Å². The van der Waals surface area contributed by atoms with E-state index in [1.54, 1.807) is 0 Å². The first kappa shape index (κ1) is 12.9. The minimum absolute atomic E-state index is 0.105. The van der Waals surface area contributed by atoms with E-state index in [0.29, 0.717) is 13.0 Å². The van der Waals surface area contributed by atoms with E-state index in [0.717, 1.165) is 11.3 Å². The molecule has 0 saturated heterocycles. The third-order valence-corrected chi connectivity index (χ3v) is 3.40. The fourth-order valence-electron chi connectivity index (χ4n) is 2.20. The molecule has 1 atom stereocenters. The molecule has 0 bridgehead atoms. The van der Waals surface area contributed by atoms with Crippen molar-refractivity contribution in [2.75, 3.05) is 13.7 Å². The summed E-state index contributed by atoms with van der Waals surface area (Å²) in [6, 6.07) is 6.27. The molecule has 2 rings (SSSR count). The highest BCUT2D eigenvalue weighted by Gasteiger charge is 2.28. The first-order valence-corrected chi connectivity index (χ1v) is 6.26. The fraction of sp³-hybridized carbons (Fsp3) is 0.533. The Bertz CT molecular complexity index is 457. The molecule has 0 aromatic heterocycles. The summed E-state index contributed by atoms with van der Waals surface area (Å²) in [6.07, 6.45) is 0.386. The fourth-order valence-corrected chi connectivity index (χ4v) is 2.20. The quantitative estimate of drug-likeness (QED) is 0.755. The minimum atomic E-state index is -0.183. The average Bonchev–Trinajstić information content (AvgIpc) is 2.70. The van der Waals surface area contributed by atoms with Crippen molar-refractivity contribution in [2.45, 2.75) is 38.5 Å². The molecule has 98 valence electrons. The highest BCUT2D eigenvalue weighted by Crippen LogP contribution is 2.38. The maximum absolute atomic E-state index is 11.4. The SMILES string of the molecule is COC(=O)C[C@H]1COc2ccc(C(C)(C)C)cc21. The van der Waals surface area contributed by atoms with Gasteiger partial charge in [0, 0.05) is 11.5 Å². The van der Waals surface area contributed by atoms with Crippen LogP contribution in [-0.2, 0) is 14.9 Å². The standard InChI is InChI=1S/C15H20O3/c1-15(2,3)11-5-6-13-12(8-11)10(9-18-13)7-14(16)17-4/h5-6,8,10H,7,9H2,1-4H3/t10-/m0/s1. The van der Waals surface area contributed by atoms with Gasteiger partial charge in [0.15, 0.2) is 0 Å². The number of rotatable bonds is 2. The van der Waals surface area contributed by atoms with Crippen LogP contribution in [0.25, 0.3) is 0 Å². The van der Waals surface area contributed by atoms with E-state index in [-0.39, 0.29) is 17.3 Å². The van der Waals surface area contributed by atoms with Gasteiger partial charge in [-0.1, -0.05) is 32.9 Å². The van der Waals surface area contributed by atoms with E-state index in [4.69, 9.17) is 9.47 Å². The molecule has 0 N–H and O–H groups in total. The zero-order valence-corrected chi connectivity index (χ0v) is 11.4. The lowest BCUT2D eigenvalue weighted by atomic mass is 9.84. The first-order valence-electron chi connectivity index (χ1n) is 6.26. The summed E-state index contributed by atoms with van der Waals surface area (Å²) in [6.45, 7) is 7.11. The monoisotopic (exact) mass is 248 g/mol. The Kier molecular flexibility index (Phi) is 3.33. The van der Waals surface area contributed by atoms with E-state index in [2.05, 4.69) is 32.9 Å². The average molecular weight is 248 g/mol. The van der Waals surface area contributed by atoms with Gasteiger partial charge in [0.1, 0.15) is 5.75 Å². The molecule has 0 saturated carbocycles. The Hall–Kier alpha value is -1.51. The Labute approximate surface area is 108 Å². The third-order valence-electron chi connectivity index (χ3n) is 3.40. The van der Waals surface area contributed by atoms with Crippen molar-refractivity contribution < 1.29 is 14.3 Å². The summed E-state index contributed by atoms with van der Waals surface area (Å²) in [5.41, 5.74) is 2.50. The van der Waals surface area contributed by atoms with Gasteiger partial charge in [0.2, 0.25) is 0 Å². The van der Waals surface area contributed by atoms with Crippen LogP contribution in [0.15, 0.2) is 18.2 Å². The zero-order chi connectivity index (χ0) is 13.3. The predicted octanol–water partition coefficient (Wildman–Crippen LogP) is 3.02. The molecule has 0 radical (unpaired) electrons. The van der Waals surface area contributed by atoms with Gasteiger partial charge >= 0.3 is 5.97 Å². The molecular weight excluding hydrogens is 228 g/mol. The summed E-state index contributed by atoms with van der Waals surface area (Å²) >= 11 is 0. The van der Waals surface area contributed by atoms with Gasteiger partial charge in [-0.25, -0.2) is 0 Å². The van der Waals surface area contributed by atoms with E-state index in [9.17, 15) is 4.79 Å². The highest BCUT2D eigenvalue weighted by molar-refractivity contribution is 5.71. The van der Waals surface area contributed by atoms with Gasteiger partial charge in [0.25, 0.3) is 0 Å². The molecule has 1 aliphatic rings. The van der Waals surface area contributed by atoms with E-state index in [1.807, 2.05) is 6.07 Å².